The fourth-order valence-corrected chi connectivity index (χ4v) is 2.96. The average Bonchev–Trinajstić information content (AvgIpc) is 2.37. The molecule has 0 radical (unpaired) electrons. The predicted molar refractivity (Wildman–Crippen MR) is 79.1 cm³/mol. The van der Waals surface area contributed by atoms with Crippen LogP contribution in [0.5, 0.6) is 0 Å². The average molecular weight is 260 g/mol. The number of rotatable bonds is 3. The number of para-hydroxylation sites is 1. The van der Waals surface area contributed by atoms with Crippen LogP contribution in [-0.2, 0) is 4.79 Å². The highest BCUT2D eigenvalue weighted by atomic mass is 16.2. The molecule has 1 fully saturated rings. The van der Waals surface area contributed by atoms with Gasteiger partial charge in [0.05, 0.1) is 6.04 Å². The summed E-state index contributed by atoms with van der Waals surface area (Å²) in [5.74, 6) is 1.44. The predicted octanol–water partition coefficient (Wildman–Crippen LogP) is 2.99. The molecule has 3 unspecified atom stereocenters. The summed E-state index contributed by atoms with van der Waals surface area (Å²) in [7, 11) is 0. The number of piperidine rings is 1. The Balaban J connectivity index is 1.95. The number of anilines is 1. The van der Waals surface area contributed by atoms with Gasteiger partial charge in [0.25, 0.3) is 0 Å². The standard InChI is InChI=1S/C16H24N2O/c1-12-9-13(2)11-18(10-12)14(3)16(19)17-15-7-5-4-6-8-15/h4-8,12-14H,9-11H2,1-3H3,(H,17,19). The molecule has 3 nitrogen and oxygen atoms in total. The smallest absolute Gasteiger partial charge is 0.241 e. The van der Waals surface area contributed by atoms with E-state index in [1.165, 1.54) is 6.42 Å². The van der Waals surface area contributed by atoms with Crippen molar-refractivity contribution in [3.8, 4) is 0 Å². The molecule has 1 aliphatic heterocycles. The van der Waals surface area contributed by atoms with Crippen molar-refractivity contribution in [1.82, 2.24) is 4.90 Å². The Labute approximate surface area is 116 Å². The maximum absolute atomic E-state index is 12.3. The summed E-state index contributed by atoms with van der Waals surface area (Å²) in [5.41, 5.74) is 0.873. The van der Waals surface area contributed by atoms with E-state index in [1.807, 2.05) is 37.3 Å². The van der Waals surface area contributed by atoms with Crippen molar-refractivity contribution < 1.29 is 4.79 Å². The monoisotopic (exact) mass is 260 g/mol. The highest BCUT2D eigenvalue weighted by Gasteiger charge is 2.28. The molecule has 1 aromatic carbocycles. The van der Waals surface area contributed by atoms with E-state index in [0.29, 0.717) is 11.8 Å². The summed E-state index contributed by atoms with van der Waals surface area (Å²) in [4.78, 5) is 14.6. The molecule has 0 saturated carbocycles. The first-order valence-corrected chi connectivity index (χ1v) is 7.16. The van der Waals surface area contributed by atoms with E-state index in [-0.39, 0.29) is 11.9 Å². The van der Waals surface area contributed by atoms with Gasteiger partial charge in [-0.25, -0.2) is 0 Å². The van der Waals surface area contributed by atoms with Crippen LogP contribution in [-0.4, -0.2) is 29.9 Å². The molecule has 104 valence electrons. The third kappa shape index (κ3) is 3.80. The van der Waals surface area contributed by atoms with E-state index in [2.05, 4.69) is 24.1 Å². The zero-order valence-corrected chi connectivity index (χ0v) is 12.1. The Morgan fingerprint density at radius 1 is 1.21 bits per heavy atom. The summed E-state index contributed by atoms with van der Waals surface area (Å²) in [6.45, 7) is 8.58. The number of nitrogens with zero attached hydrogens (tertiary/aromatic N) is 1. The lowest BCUT2D eigenvalue weighted by Crippen LogP contribution is -2.48. The summed E-state index contributed by atoms with van der Waals surface area (Å²) >= 11 is 0. The molecule has 19 heavy (non-hydrogen) atoms. The first-order valence-electron chi connectivity index (χ1n) is 7.16. The van der Waals surface area contributed by atoms with Gasteiger partial charge in [-0.2, -0.15) is 0 Å². The fourth-order valence-electron chi connectivity index (χ4n) is 2.96. The Morgan fingerprint density at radius 3 is 2.37 bits per heavy atom. The maximum atomic E-state index is 12.3. The Hall–Kier alpha value is -1.35. The molecule has 1 amide bonds. The van der Waals surface area contributed by atoms with Crippen molar-refractivity contribution in [3.63, 3.8) is 0 Å². The van der Waals surface area contributed by atoms with E-state index in [9.17, 15) is 4.79 Å². The van der Waals surface area contributed by atoms with Gasteiger partial charge in [0, 0.05) is 18.8 Å². The minimum atomic E-state index is -0.0644. The van der Waals surface area contributed by atoms with Crippen LogP contribution in [0.3, 0.4) is 0 Å². The van der Waals surface area contributed by atoms with E-state index in [0.717, 1.165) is 18.8 Å². The number of benzene rings is 1. The van der Waals surface area contributed by atoms with Crippen molar-refractivity contribution in [2.45, 2.75) is 33.2 Å². The molecule has 3 atom stereocenters. The number of nitrogens with one attached hydrogen (secondary N) is 1. The Bertz CT molecular complexity index is 408. The minimum Gasteiger partial charge on any atom is -0.325 e. The zero-order valence-electron chi connectivity index (χ0n) is 12.1. The molecule has 0 bridgehead atoms. The second kappa shape index (κ2) is 6.20. The van der Waals surface area contributed by atoms with E-state index in [4.69, 9.17) is 0 Å². The normalized spacial score (nSPS) is 25.8. The second-order valence-corrected chi connectivity index (χ2v) is 5.93. The van der Waals surface area contributed by atoms with Crippen LogP contribution in [0.15, 0.2) is 30.3 Å². The molecule has 1 heterocycles. The molecular weight excluding hydrogens is 236 g/mol. The SMILES string of the molecule is CC1CC(C)CN(C(C)C(=O)Nc2ccccc2)C1. The number of hydrogen-bond acceptors (Lipinski definition) is 2. The van der Waals surface area contributed by atoms with Gasteiger partial charge in [0.2, 0.25) is 5.91 Å². The molecule has 2 rings (SSSR count). The van der Waals surface area contributed by atoms with Gasteiger partial charge in [-0.15, -0.1) is 0 Å². The lowest BCUT2D eigenvalue weighted by molar-refractivity contribution is -0.121. The molecular formula is C16H24N2O. The molecule has 0 spiro atoms. The summed E-state index contributed by atoms with van der Waals surface area (Å²) in [6.07, 6.45) is 1.27. The van der Waals surface area contributed by atoms with Crippen molar-refractivity contribution in [1.29, 1.82) is 0 Å². The van der Waals surface area contributed by atoms with Crippen LogP contribution in [0, 0.1) is 11.8 Å². The van der Waals surface area contributed by atoms with Crippen molar-refractivity contribution in [3.05, 3.63) is 30.3 Å². The van der Waals surface area contributed by atoms with E-state index >= 15 is 0 Å². The van der Waals surface area contributed by atoms with Crippen molar-refractivity contribution in [2.24, 2.45) is 11.8 Å². The van der Waals surface area contributed by atoms with Gasteiger partial charge in [0.1, 0.15) is 0 Å². The minimum absolute atomic E-state index is 0.0644. The third-order valence-electron chi connectivity index (χ3n) is 3.87. The second-order valence-electron chi connectivity index (χ2n) is 5.93. The molecule has 1 N–H and O–H groups in total. The first kappa shape index (κ1) is 14.1. The number of carbonyl (C=O) groups is 1. The number of likely N-dealkylation sites (tertiary alicyclic amines) is 1. The van der Waals surface area contributed by atoms with Crippen LogP contribution in [0.4, 0.5) is 5.69 Å². The van der Waals surface area contributed by atoms with Gasteiger partial charge >= 0.3 is 0 Å². The van der Waals surface area contributed by atoms with Gasteiger partial charge < -0.3 is 5.32 Å². The molecule has 1 aromatic rings. The number of carbonyl (C=O) groups excluding carboxylic acids is 1. The fraction of sp³-hybridized carbons (Fsp3) is 0.562. The molecule has 0 aromatic heterocycles. The summed E-state index contributed by atoms with van der Waals surface area (Å²) in [5, 5.41) is 2.99. The lowest BCUT2D eigenvalue weighted by Gasteiger charge is -2.38. The molecule has 1 saturated heterocycles. The van der Waals surface area contributed by atoms with Crippen molar-refractivity contribution in [2.75, 3.05) is 18.4 Å². The van der Waals surface area contributed by atoms with Gasteiger partial charge in [0.15, 0.2) is 0 Å². The lowest BCUT2D eigenvalue weighted by atomic mass is 9.91. The van der Waals surface area contributed by atoms with Crippen LogP contribution < -0.4 is 5.32 Å². The molecule has 0 aliphatic carbocycles. The number of amides is 1. The third-order valence-corrected chi connectivity index (χ3v) is 3.87. The molecule has 3 heteroatoms. The zero-order chi connectivity index (χ0) is 13.8. The van der Waals surface area contributed by atoms with Gasteiger partial charge in [-0.05, 0) is 37.3 Å². The quantitative estimate of drug-likeness (QED) is 0.906. The van der Waals surface area contributed by atoms with Crippen molar-refractivity contribution >= 4 is 11.6 Å². The number of hydrogen-bond donors (Lipinski definition) is 1. The van der Waals surface area contributed by atoms with Crippen LogP contribution >= 0.6 is 0 Å². The Morgan fingerprint density at radius 2 is 1.79 bits per heavy atom. The summed E-state index contributed by atoms with van der Waals surface area (Å²) in [6, 6.07) is 9.60. The maximum Gasteiger partial charge on any atom is 0.241 e. The topological polar surface area (TPSA) is 32.3 Å². The van der Waals surface area contributed by atoms with Gasteiger partial charge in [-0.3, -0.25) is 9.69 Å². The van der Waals surface area contributed by atoms with E-state index < -0.39 is 0 Å². The van der Waals surface area contributed by atoms with E-state index in [1.54, 1.807) is 0 Å². The highest BCUT2D eigenvalue weighted by molar-refractivity contribution is 5.94. The van der Waals surface area contributed by atoms with Crippen LogP contribution in [0.25, 0.3) is 0 Å². The largest absolute Gasteiger partial charge is 0.325 e. The molecule has 1 aliphatic rings. The van der Waals surface area contributed by atoms with Gasteiger partial charge in [-0.1, -0.05) is 32.0 Å². The highest BCUT2D eigenvalue weighted by Crippen LogP contribution is 2.23. The van der Waals surface area contributed by atoms with Crippen LogP contribution in [0.2, 0.25) is 0 Å². The summed E-state index contributed by atoms with van der Waals surface area (Å²) < 4.78 is 0. The first-order chi connectivity index (χ1) is 9.06. The van der Waals surface area contributed by atoms with Crippen LogP contribution in [0.1, 0.15) is 27.2 Å². The Kier molecular flexibility index (Phi) is 4.59.